The number of esters is 4. The molecule has 2 rings (SSSR count). The lowest BCUT2D eigenvalue weighted by Gasteiger charge is -2.14. The van der Waals surface area contributed by atoms with E-state index in [0.29, 0.717) is 11.3 Å². The average molecular weight is 537 g/mol. The molecule has 1 unspecified atom stereocenters. The molecule has 0 fully saturated rings. The molecule has 0 aliphatic rings. The van der Waals surface area contributed by atoms with Crippen molar-refractivity contribution in [1.82, 2.24) is 0 Å². The van der Waals surface area contributed by atoms with Crippen LogP contribution in [-0.4, -0.2) is 44.2 Å². The van der Waals surface area contributed by atoms with Crippen LogP contribution in [0.3, 0.4) is 0 Å². The van der Waals surface area contributed by atoms with Gasteiger partial charge in [0.15, 0.2) is 0 Å². The zero-order valence-electron chi connectivity index (χ0n) is 22.3. The second kappa shape index (κ2) is 15.6. The Labute approximate surface area is 227 Å². The molecule has 0 spiro atoms. The molecule has 206 valence electrons. The summed E-state index contributed by atoms with van der Waals surface area (Å²) in [6.07, 6.45) is 5.40. The first kappa shape index (κ1) is 30.6. The predicted octanol–water partition coefficient (Wildman–Crippen LogP) is 5.21. The summed E-state index contributed by atoms with van der Waals surface area (Å²) in [7, 11) is 1.59. The molecule has 0 aliphatic heterocycles. The summed E-state index contributed by atoms with van der Waals surface area (Å²) in [5.74, 6) is -1.39. The molecule has 39 heavy (non-hydrogen) atoms. The lowest BCUT2D eigenvalue weighted by molar-refractivity contribution is -0.151. The smallest absolute Gasteiger partial charge is 0.342 e. The van der Waals surface area contributed by atoms with Gasteiger partial charge in [-0.25, -0.2) is 9.59 Å². The minimum Gasteiger partial charge on any atom is -0.501 e. The van der Waals surface area contributed by atoms with Crippen LogP contribution >= 0.6 is 0 Å². The predicted molar refractivity (Wildman–Crippen MR) is 145 cm³/mol. The maximum Gasteiger partial charge on any atom is 0.342 e. The highest BCUT2D eigenvalue weighted by molar-refractivity contribution is 5.96. The van der Waals surface area contributed by atoms with Crippen LogP contribution in [0.4, 0.5) is 0 Å². The van der Waals surface area contributed by atoms with Gasteiger partial charge < -0.3 is 23.7 Å². The van der Waals surface area contributed by atoms with E-state index >= 15 is 0 Å². The second-order valence-corrected chi connectivity index (χ2v) is 8.19. The summed E-state index contributed by atoms with van der Waals surface area (Å²) in [5.41, 5.74) is 1.07. The molecule has 0 bridgehead atoms. The van der Waals surface area contributed by atoms with Gasteiger partial charge in [-0.1, -0.05) is 32.2 Å². The Morgan fingerprint density at radius 1 is 0.949 bits per heavy atom. The van der Waals surface area contributed by atoms with Crippen molar-refractivity contribution in [2.45, 2.75) is 26.7 Å². The summed E-state index contributed by atoms with van der Waals surface area (Å²) < 4.78 is 25.4. The third kappa shape index (κ3) is 9.96. The highest BCUT2D eigenvalue weighted by Gasteiger charge is 2.13. The van der Waals surface area contributed by atoms with Gasteiger partial charge >= 0.3 is 23.9 Å². The highest BCUT2D eigenvalue weighted by atomic mass is 16.6. The van der Waals surface area contributed by atoms with E-state index in [9.17, 15) is 19.2 Å². The fraction of sp³-hybridized carbons (Fsp3) is 0.267. The molecule has 0 amide bonds. The second-order valence-electron chi connectivity index (χ2n) is 8.19. The van der Waals surface area contributed by atoms with Gasteiger partial charge in [-0.3, -0.25) is 9.59 Å². The highest BCUT2D eigenvalue weighted by Crippen LogP contribution is 2.24. The Bertz CT molecular complexity index is 1290. The van der Waals surface area contributed by atoms with Crippen molar-refractivity contribution in [3.05, 3.63) is 90.9 Å². The first-order valence-electron chi connectivity index (χ1n) is 12.1. The van der Waals surface area contributed by atoms with Crippen LogP contribution in [0.1, 0.15) is 37.0 Å². The molecule has 0 N–H and O–H groups in total. The van der Waals surface area contributed by atoms with Gasteiger partial charge in [-0.05, 0) is 59.7 Å². The zero-order valence-corrected chi connectivity index (χ0v) is 22.3. The number of allylic oxidation sites excluding steroid dienone is 3. The summed E-state index contributed by atoms with van der Waals surface area (Å²) in [6, 6.07) is 9.92. The number of carbonyl (C=O) groups is 4. The van der Waals surface area contributed by atoms with Crippen molar-refractivity contribution in [2.24, 2.45) is 5.92 Å². The molecule has 0 heterocycles. The van der Waals surface area contributed by atoms with E-state index < -0.39 is 23.9 Å². The van der Waals surface area contributed by atoms with Crippen molar-refractivity contribution in [3.63, 3.8) is 0 Å². The number of methoxy groups -OCH3 is 1. The fourth-order valence-corrected chi connectivity index (χ4v) is 3.35. The minimum atomic E-state index is -0.620. The molecule has 0 saturated heterocycles. The Morgan fingerprint density at radius 3 is 2.31 bits per heavy atom. The van der Waals surface area contributed by atoms with E-state index in [1.54, 1.807) is 49.6 Å². The summed E-state index contributed by atoms with van der Waals surface area (Å²) in [4.78, 5) is 47.2. The van der Waals surface area contributed by atoms with E-state index in [-0.39, 0.29) is 32.0 Å². The number of carbonyl (C=O) groups excluding carboxylic acids is 4. The summed E-state index contributed by atoms with van der Waals surface area (Å²) in [5, 5.41) is 1.48. The average Bonchev–Trinajstić information content (AvgIpc) is 2.94. The monoisotopic (exact) mass is 536 g/mol. The molecular weight excluding hydrogens is 504 g/mol. The molecule has 1 atom stereocenters. The SMILES string of the molecule is C=CC(=O)OCCOC(=O)CCC(=O)Oc1ccc2cc(C(=O)O/C=C/C(=C)C(C)/C(=C\C)OC)ccc2c1. The first-order chi connectivity index (χ1) is 18.7. The summed E-state index contributed by atoms with van der Waals surface area (Å²) in [6.45, 7) is 10.8. The van der Waals surface area contributed by atoms with E-state index in [1.807, 2.05) is 19.9 Å². The van der Waals surface area contributed by atoms with Gasteiger partial charge in [0.25, 0.3) is 0 Å². The topological polar surface area (TPSA) is 114 Å². The van der Waals surface area contributed by atoms with Gasteiger partial charge in [-0.2, -0.15) is 0 Å². The number of rotatable bonds is 14. The van der Waals surface area contributed by atoms with Crippen molar-refractivity contribution < 1.29 is 42.9 Å². The Hall–Kier alpha value is -4.66. The molecule has 9 nitrogen and oxygen atoms in total. The molecular formula is C30H32O9. The molecule has 0 aromatic heterocycles. The van der Waals surface area contributed by atoms with E-state index in [2.05, 4.69) is 17.9 Å². The molecule has 0 saturated carbocycles. The molecule has 9 heteroatoms. The van der Waals surface area contributed by atoms with Crippen LogP contribution in [0.5, 0.6) is 5.75 Å². The van der Waals surface area contributed by atoms with Crippen LogP contribution in [0, 0.1) is 5.92 Å². The fourth-order valence-electron chi connectivity index (χ4n) is 3.35. The van der Waals surface area contributed by atoms with Crippen LogP contribution in [0.15, 0.2) is 85.4 Å². The Balaban J connectivity index is 1.87. The van der Waals surface area contributed by atoms with Crippen LogP contribution in [0.2, 0.25) is 0 Å². The Morgan fingerprint density at radius 2 is 1.62 bits per heavy atom. The number of hydrogen-bond donors (Lipinski definition) is 0. The van der Waals surface area contributed by atoms with Crippen molar-refractivity contribution >= 4 is 34.6 Å². The van der Waals surface area contributed by atoms with Crippen molar-refractivity contribution in [3.8, 4) is 5.75 Å². The third-order valence-corrected chi connectivity index (χ3v) is 5.53. The maximum atomic E-state index is 12.5. The lowest BCUT2D eigenvalue weighted by atomic mass is 10.0. The number of fused-ring (bicyclic) bond motifs is 1. The van der Waals surface area contributed by atoms with Gasteiger partial charge in [-0.15, -0.1) is 0 Å². The quantitative estimate of drug-likeness (QED) is 0.0610. The van der Waals surface area contributed by atoms with E-state index in [1.165, 1.54) is 6.26 Å². The third-order valence-electron chi connectivity index (χ3n) is 5.53. The van der Waals surface area contributed by atoms with Crippen LogP contribution < -0.4 is 4.74 Å². The van der Waals surface area contributed by atoms with Crippen molar-refractivity contribution in [1.29, 1.82) is 0 Å². The molecule has 2 aromatic rings. The zero-order chi connectivity index (χ0) is 28.8. The van der Waals surface area contributed by atoms with Crippen LogP contribution in [0.25, 0.3) is 10.8 Å². The van der Waals surface area contributed by atoms with Gasteiger partial charge in [0.2, 0.25) is 0 Å². The Kier molecular flexibility index (Phi) is 12.2. The summed E-state index contributed by atoms with van der Waals surface area (Å²) >= 11 is 0. The number of ether oxygens (including phenoxy) is 5. The molecule has 0 radical (unpaired) electrons. The van der Waals surface area contributed by atoms with E-state index in [0.717, 1.165) is 28.2 Å². The van der Waals surface area contributed by atoms with Gasteiger partial charge in [0, 0.05) is 12.0 Å². The number of benzene rings is 2. The van der Waals surface area contributed by atoms with Crippen LogP contribution in [-0.2, 0) is 33.3 Å². The number of hydrogen-bond acceptors (Lipinski definition) is 9. The van der Waals surface area contributed by atoms with Gasteiger partial charge in [0.1, 0.15) is 19.0 Å². The standard InChI is InChI=1S/C30H32O9/c1-6-26(35-5)21(4)20(3)14-15-38-30(34)24-9-8-23-19-25(11-10-22(23)18-24)39-29(33)13-12-28(32)37-17-16-36-27(31)7-2/h6-11,14-15,18-19,21H,2-3,12-13,16-17H2,1,4-5H3/b15-14+,26-6+. The minimum absolute atomic E-state index is 0.0617. The first-order valence-corrected chi connectivity index (χ1v) is 12.1. The van der Waals surface area contributed by atoms with Gasteiger partial charge in [0.05, 0.1) is 37.5 Å². The molecule has 2 aromatic carbocycles. The normalized spacial score (nSPS) is 11.9. The maximum absolute atomic E-state index is 12.5. The van der Waals surface area contributed by atoms with E-state index in [4.69, 9.17) is 18.9 Å². The molecule has 0 aliphatic carbocycles. The lowest BCUT2D eigenvalue weighted by Crippen LogP contribution is -2.15. The van der Waals surface area contributed by atoms with Crippen molar-refractivity contribution in [2.75, 3.05) is 20.3 Å². The largest absolute Gasteiger partial charge is 0.501 e.